The second-order valence-electron chi connectivity index (χ2n) is 23.6. The van der Waals surface area contributed by atoms with E-state index in [4.69, 9.17) is 39.4 Å². The van der Waals surface area contributed by atoms with Crippen LogP contribution in [0.2, 0.25) is 0 Å². The predicted molar refractivity (Wildman–Crippen MR) is 461 cm³/mol. The summed E-state index contributed by atoms with van der Waals surface area (Å²) in [4.78, 5) is 48.3. The van der Waals surface area contributed by atoms with Gasteiger partial charge in [0.25, 0.3) is 17.7 Å². The number of phenolic OH excluding ortho intramolecular Hbond substituents is 4. The van der Waals surface area contributed by atoms with Gasteiger partial charge in [0.05, 0.1) is 26.7 Å². The number of likely N-dealkylation sites (N-methyl/N-ethyl adjacent to an activating group) is 2. The van der Waals surface area contributed by atoms with Crippen molar-refractivity contribution in [3.63, 3.8) is 0 Å². The number of halogens is 4. The van der Waals surface area contributed by atoms with E-state index in [1.165, 1.54) is 21.3 Å². The number of hydrogen-bond donors (Lipinski definition) is 6. The lowest BCUT2D eigenvalue weighted by Gasteiger charge is -2.15. The first-order chi connectivity index (χ1) is 54.1. The topological polar surface area (TPSA) is 228 Å². The van der Waals surface area contributed by atoms with Crippen LogP contribution in [0, 0.1) is 0 Å². The standard InChI is InChI=1S/C22H21NO3.C18H14O.C16H17NO3.C12H10O.C6H7BO2.C6H4Br2O.C6H5BrO.C4H8BrNO2/c1-23(25-2)22(24)16-26-21-14-19(17-9-5-3-6-10-17)13-20(15-21)18-11-7-4-8-12-18;19-18-12-16(14-7-3-1-4-8-14)11-17(13-18)15-9-5-2-6-10-15;1-17(19-2)16(18)12-20-15-10-6-9-14(11-15)13-7-4-3-5-8-13;13-12-8-4-7-11(9-12)10-5-2-1-3-6-10;8-7(9)6-4-2-1-3-5-6;7-4-1-5(8)3-6(9)2-4;7-5-2-1-3-6(8)4-5;1-6(8-2)4(7)3-5/h3-15H,16H2,1-2H3;1-13,19H;3-11H,12H2,1-2H3;1-9,13H;1-5,8-9H;1-3,9H;1-4,8H;3H2,1-2H3. The minimum absolute atomic E-state index is 0.0530. The van der Waals surface area contributed by atoms with Gasteiger partial charge in [-0.2, -0.15) is 0 Å². The van der Waals surface area contributed by atoms with Crippen molar-refractivity contribution in [3.8, 4) is 101 Å². The Morgan fingerprint density at radius 1 is 0.295 bits per heavy atom. The summed E-state index contributed by atoms with van der Waals surface area (Å²) in [6.07, 6.45) is 0. The van der Waals surface area contributed by atoms with Crippen LogP contribution < -0.4 is 14.9 Å². The molecule has 6 N–H and O–H groups in total. The summed E-state index contributed by atoms with van der Waals surface area (Å²) < 4.78 is 13.9. The lowest BCUT2D eigenvalue weighted by molar-refractivity contribution is -0.171. The maximum Gasteiger partial charge on any atom is 0.488 e. The van der Waals surface area contributed by atoms with Crippen molar-refractivity contribution < 1.29 is 68.8 Å². The molecule has 0 radical (unpaired) electrons. The van der Waals surface area contributed by atoms with Crippen LogP contribution >= 0.6 is 63.7 Å². The molecular weight excluding hydrogens is 1680 g/mol. The minimum Gasteiger partial charge on any atom is -0.508 e. The van der Waals surface area contributed by atoms with Crippen LogP contribution in [0.15, 0.2) is 353 Å². The molecule has 576 valence electrons. The van der Waals surface area contributed by atoms with Crippen molar-refractivity contribution in [1.29, 1.82) is 0 Å². The van der Waals surface area contributed by atoms with E-state index in [-0.39, 0.29) is 36.7 Å². The number of hydrogen-bond acceptors (Lipinski definition) is 14. The highest BCUT2D eigenvalue weighted by molar-refractivity contribution is 9.11. The number of phenols is 4. The van der Waals surface area contributed by atoms with Crippen molar-refractivity contribution in [2.75, 3.05) is 61.0 Å². The van der Waals surface area contributed by atoms with Gasteiger partial charge in [-0.1, -0.05) is 306 Å². The monoisotopic (exact) mass is 1760 g/mol. The number of aromatic hydroxyl groups is 4. The number of benzene rings is 13. The number of carbonyl (C=O) groups is 3. The molecule has 0 saturated heterocycles. The zero-order valence-electron chi connectivity index (χ0n) is 62.3. The van der Waals surface area contributed by atoms with Crippen LogP contribution in [0.3, 0.4) is 0 Å². The zero-order valence-corrected chi connectivity index (χ0v) is 68.7. The average molecular weight is 1760 g/mol. The second kappa shape index (κ2) is 49.9. The van der Waals surface area contributed by atoms with E-state index in [0.717, 1.165) is 95.4 Å². The normalized spacial score (nSPS) is 9.89. The van der Waals surface area contributed by atoms with Gasteiger partial charge in [0.15, 0.2) is 13.2 Å². The molecular formula is C90H86BBr4N3O14. The molecule has 0 bridgehead atoms. The largest absolute Gasteiger partial charge is 0.508 e. The molecule has 0 atom stereocenters. The molecule has 17 nitrogen and oxygen atoms in total. The van der Waals surface area contributed by atoms with Gasteiger partial charge in [-0.15, -0.1) is 0 Å². The van der Waals surface area contributed by atoms with Gasteiger partial charge >= 0.3 is 7.12 Å². The van der Waals surface area contributed by atoms with Gasteiger partial charge in [0.2, 0.25) is 0 Å². The van der Waals surface area contributed by atoms with E-state index < -0.39 is 7.12 Å². The van der Waals surface area contributed by atoms with Gasteiger partial charge in [0.1, 0.15) is 34.5 Å². The molecule has 112 heavy (non-hydrogen) atoms. The minimum atomic E-state index is -1.34. The highest BCUT2D eigenvalue weighted by Crippen LogP contribution is 2.34. The van der Waals surface area contributed by atoms with Crippen LogP contribution in [0.5, 0.6) is 34.5 Å². The Morgan fingerprint density at radius 3 is 0.884 bits per heavy atom. The molecule has 0 saturated carbocycles. The highest BCUT2D eigenvalue weighted by Gasteiger charge is 2.14. The first-order valence-corrected chi connectivity index (χ1v) is 38.0. The quantitative estimate of drug-likeness (QED) is 0.0283. The molecule has 0 heterocycles. The van der Waals surface area contributed by atoms with Crippen molar-refractivity contribution >= 4 is 94.0 Å². The number of hydroxylamine groups is 6. The zero-order chi connectivity index (χ0) is 81.0. The fourth-order valence-corrected chi connectivity index (χ4v) is 11.7. The number of nitrogens with zero attached hydrogens (tertiary/aromatic N) is 3. The smallest absolute Gasteiger partial charge is 0.488 e. The first kappa shape index (κ1) is 89.7. The van der Waals surface area contributed by atoms with Crippen LogP contribution in [0.25, 0.3) is 66.8 Å². The molecule has 0 aliphatic heterocycles. The van der Waals surface area contributed by atoms with Crippen molar-refractivity contribution in [2.24, 2.45) is 0 Å². The molecule has 22 heteroatoms. The summed E-state index contributed by atoms with van der Waals surface area (Å²) in [7, 11) is 7.65. The van der Waals surface area contributed by atoms with E-state index in [1.54, 1.807) is 100 Å². The molecule has 0 aromatic heterocycles. The Bertz CT molecular complexity index is 4720. The van der Waals surface area contributed by atoms with Crippen LogP contribution in [0.1, 0.15) is 0 Å². The summed E-state index contributed by atoms with van der Waals surface area (Å²) in [5.74, 6) is 1.87. The molecule has 13 aromatic carbocycles. The molecule has 0 aliphatic rings. The van der Waals surface area contributed by atoms with Crippen molar-refractivity contribution in [3.05, 3.63) is 353 Å². The summed E-state index contributed by atoms with van der Waals surface area (Å²) in [6, 6.07) is 108. The molecule has 13 aromatic rings. The van der Waals surface area contributed by atoms with Crippen LogP contribution in [-0.4, -0.2) is 132 Å². The Hall–Kier alpha value is -11.1. The van der Waals surface area contributed by atoms with Gasteiger partial charge in [0, 0.05) is 34.6 Å². The summed E-state index contributed by atoms with van der Waals surface area (Å²) in [5, 5.41) is 57.8. The fraction of sp³-hybridized carbons (Fsp3) is 0.100. The number of carbonyl (C=O) groups excluding carboxylic acids is 3. The van der Waals surface area contributed by atoms with Crippen molar-refractivity contribution in [2.45, 2.75) is 0 Å². The highest BCUT2D eigenvalue weighted by atomic mass is 79.9. The molecule has 0 aliphatic carbocycles. The summed E-state index contributed by atoms with van der Waals surface area (Å²) in [5.41, 5.74) is 13.4. The molecule has 0 spiro atoms. The number of alkyl halides is 1. The second-order valence-corrected chi connectivity index (χ2v) is 26.9. The van der Waals surface area contributed by atoms with Crippen LogP contribution in [-0.2, 0) is 28.9 Å². The SMILES string of the molecule is CON(C)C(=O)CBr.CON(C)C(=O)COc1cc(-c2ccccc2)cc(-c2ccccc2)c1.CON(C)C(=O)COc1cccc(-c2ccccc2)c1.OB(O)c1ccccc1.Oc1cc(-c2ccccc2)cc(-c2ccccc2)c1.Oc1cc(Br)cc(Br)c1.Oc1cccc(-c2ccccc2)c1.Oc1cccc(Br)c1. The van der Waals surface area contributed by atoms with Crippen LogP contribution in [0.4, 0.5) is 0 Å². The summed E-state index contributed by atoms with van der Waals surface area (Å²) >= 11 is 12.6. The maximum atomic E-state index is 11.9. The van der Waals surface area contributed by atoms with E-state index in [2.05, 4.69) is 105 Å². The average Bonchev–Trinajstić information content (AvgIpc) is 0.824. The first-order valence-electron chi connectivity index (χ1n) is 34.5. The molecule has 0 unspecified atom stereocenters. The van der Waals surface area contributed by atoms with Gasteiger partial charge in [-0.25, -0.2) is 15.2 Å². The third kappa shape index (κ3) is 33.2. The Balaban J connectivity index is 0.000000207. The third-order valence-corrected chi connectivity index (χ3v) is 17.5. The van der Waals surface area contributed by atoms with E-state index >= 15 is 0 Å². The van der Waals surface area contributed by atoms with E-state index in [0.29, 0.717) is 39.5 Å². The Kier molecular flexibility index (Phi) is 40.0. The van der Waals surface area contributed by atoms with Crippen molar-refractivity contribution in [1.82, 2.24) is 15.2 Å². The van der Waals surface area contributed by atoms with Gasteiger partial charge < -0.3 is 39.9 Å². The van der Waals surface area contributed by atoms with E-state index in [1.807, 2.05) is 224 Å². The predicted octanol–water partition coefficient (Wildman–Crippen LogP) is 19.8. The Labute approximate surface area is 688 Å². The fourth-order valence-electron chi connectivity index (χ4n) is 9.70. The lowest BCUT2D eigenvalue weighted by atomic mass is 9.81. The number of ether oxygens (including phenoxy) is 2. The lowest BCUT2D eigenvalue weighted by Crippen LogP contribution is -2.30. The van der Waals surface area contributed by atoms with E-state index in [9.17, 15) is 24.6 Å². The molecule has 3 amide bonds. The maximum absolute atomic E-state index is 11.9. The number of rotatable bonds is 17. The molecule has 13 rings (SSSR count). The third-order valence-electron chi connectivity index (χ3n) is 15.6. The Morgan fingerprint density at radius 2 is 0.571 bits per heavy atom. The van der Waals surface area contributed by atoms with Gasteiger partial charge in [-0.3, -0.25) is 28.9 Å². The molecule has 0 fully saturated rings. The number of amides is 3. The van der Waals surface area contributed by atoms with Gasteiger partial charge in [-0.05, 0) is 169 Å². The summed E-state index contributed by atoms with van der Waals surface area (Å²) in [6.45, 7) is -0.139.